The Bertz CT molecular complexity index is 1150. The molecule has 0 atom stereocenters. The largest absolute Gasteiger partial charge is 0.478 e. The molecule has 4 aromatic rings. The molecule has 0 fully saturated rings. The average Bonchev–Trinajstić information content (AvgIpc) is 3.12. The van der Waals surface area contributed by atoms with Gasteiger partial charge in [-0.1, -0.05) is 41.4 Å². The quantitative estimate of drug-likeness (QED) is 0.459. The molecule has 0 saturated carbocycles. The number of hydrogen-bond acceptors (Lipinski definition) is 3. The molecule has 2 aromatic heterocycles. The van der Waals surface area contributed by atoms with Crippen molar-refractivity contribution in [3.63, 3.8) is 0 Å². The van der Waals surface area contributed by atoms with Crippen LogP contribution in [0.25, 0.3) is 33.7 Å². The van der Waals surface area contributed by atoms with E-state index in [-0.39, 0.29) is 5.56 Å². The zero-order chi connectivity index (χ0) is 18.3. The monoisotopic (exact) mass is 383 g/mol. The first-order valence-corrected chi connectivity index (χ1v) is 8.47. The highest BCUT2D eigenvalue weighted by Crippen LogP contribution is 2.34. The fraction of sp³-hybridized carbons (Fsp3) is 0. The minimum absolute atomic E-state index is 0.171. The van der Waals surface area contributed by atoms with Gasteiger partial charge in [0, 0.05) is 16.0 Å². The number of carbonyl (C=O) groups is 1. The van der Waals surface area contributed by atoms with Crippen molar-refractivity contribution in [1.82, 2.24) is 4.98 Å². The number of carboxylic acids is 1. The standard InChI is InChI=1S/C20H11Cl2NO3/c21-11-5-6-15(22)14(9-11)18-7-8-19(26-18)17-10-13(20(24)25)12-3-1-2-4-16(12)23-17/h1-10H,(H,24,25). The Kier molecular flexibility index (Phi) is 4.15. The minimum Gasteiger partial charge on any atom is -0.478 e. The summed E-state index contributed by atoms with van der Waals surface area (Å²) in [7, 11) is 0. The SMILES string of the molecule is O=C(O)c1cc(-c2ccc(-c3cc(Cl)ccc3Cl)o2)nc2ccccc12. The van der Waals surface area contributed by atoms with Gasteiger partial charge in [0.25, 0.3) is 0 Å². The Morgan fingerprint density at radius 2 is 1.73 bits per heavy atom. The second-order valence-electron chi connectivity index (χ2n) is 5.67. The van der Waals surface area contributed by atoms with Gasteiger partial charge in [0.2, 0.25) is 0 Å². The van der Waals surface area contributed by atoms with E-state index in [1.165, 1.54) is 6.07 Å². The van der Waals surface area contributed by atoms with Gasteiger partial charge in [0.05, 0.1) is 16.1 Å². The number of carboxylic acid groups (broad SMARTS) is 1. The maximum atomic E-state index is 11.6. The lowest BCUT2D eigenvalue weighted by atomic mass is 10.1. The van der Waals surface area contributed by atoms with E-state index >= 15 is 0 Å². The number of pyridine rings is 1. The normalized spacial score (nSPS) is 11.0. The van der Waals surface area contributed by atoms with Gasteiger partial charge in [-0.05, 0) is 42.5 Å². The van der Waals surface area contributed by atoms with Crippen LogP contribution in [-0.2, 0) is 0 Å². The molecule has 4 rings (SSSR count). The molecule has 2 aromatic carbocycles. The van der Waals surface area contributed by atoms with Crippen LogP contribution in [0.5, 0.6) is 0 Å². The first-order chi connectivity index (χ1) is 12.5. The molecule has 0 radical (unpaired) electrons. The minimum atomic E-state index is -1.02. The summed E-state index contributed by atoms with van der Waals surface area (Å²) in [6.07, 6.45) is 0. The van der Waals surface area contributed by atoms with Crippen LogP contribution in [0.4, 0.5) is 0 Å². The lowest BCUT2D eigenvalue weighted by molar-refractivity contribution is 0.0699. The predicted octanol–water partition coefficient (Wildman–Crippen LogP) is 6.17. The second kappa shape index (κ2) is 6.48. The van der Waals surface area contributed by atoms with E-state index in [4.69, 9.17) is 27.6 Å². The number of aromatic carboxylic acids is 1. The predicted molar refractivity (Wildman–Crippen MR) is 102 cm³/mol. The molecule has 0 aliphatic heterocycles. The third-order valence-corrected chi connectivity index (χ3v) is 4.56. The molecule has 26 heavy (non-hydrogen) atoms. The Morgan fingerprint density at radius 1 is 0.962 bits per heavy atom. The third kappa shape index (κ3) is 2.94. The molecule has 4 nitrogen and oxygen atoms in total. The van der Waals surface area contributed by atoms with Crippen molar-refractivity contribution in [3.8, 4) is 22.8 Å². The van der Waals surface area contributed by atoms with Crippen LogP contribution >= 0.6 is 23.2 Å². The highest BCUT2D eigenvalue weighted by molar-refractivity contribution is 6.35. The third-order valence-electron chi connectivity index (χ3n) is 4.00. The molecule has 0 aliphatic carbocycles. The number of halogens is 2. The fourth-order valence-corrected chi connectivity index (χ4v) is 3.17. The van der Waals surface area contributed by atoms with Crippen LogP contribution < -0.4 is 0 Å². The summed E-state index contributed by atoms with van der Waals surface area (Å²) in [5.74, 6) is -0.0434. The van der Waals surface area contributed by atoms with Gasteiger partial charge in [-0.15, -0.1) is 0 Å². The zero-order valence-electron chi connectivity index (χ0n) is 13.2. The highest BCUT2D eigenvalue weighted by atomic mass is 35.5. The van der Waals surface area contributed by atoms with E-state index < -0.39 is 5.97 Å². The van der Waals surface area contributed by atoms with Gasteiger partial charge in [-0.25, -0.2) is 9.78 Å². The van der Waals surface area contributed by atoms with Crippen molar-refractivity contribution < 1.29 is 14.3 Å². The van der Waals surface area contributed by atoms with E-state index in [2.05, 4.69) is 4.98 Å². The van der Waals surface area contributed by atoms with Gasteiger partial charge in [0.1, 0.15) is 11.5 Å². The van der Waals surface area contributed by atoms with Crippen LogP contribution in [-0.4, -0.2) is 16.1 Å². The molecule has 2 heterocycles. The van der Waals surface area contributed by atoms with Crippen molar-refractivity contribution in [2.75, 3.05) is 0 Å². The van der Waals surface area contributed by atoms with Gasteiger partial charge in [-0.3, -0.25) is 0 Å². The summed E-state index contributed by atoms with van der Waals surface area (Å²) in [6.45, 7) is 0. The van der Waals surface area contributed by atoms with Gasteiger partial charge in [0.15, 0.2) is 5.76 Å². The van der Waals surface area contributed by atoms with Crippen LogP contribution in [0, 0.1) is 0 Å². The number of furan rings is 1. The molecule has 0 spiro atoms. The number of benzene rings is 2. The Hall–Kier alpha value is -2.82. The second-order valence-corrected chi connectivity index (χ2v) is 6.51. The highest BCUT2D eigenvalue weighted by Gasteiger charge is 2.16. The number of nitrogens with zero attached hydrogens (tertiary/aromatic N) is 1. The smallest absolute Gasteiger partial charge is 0.336 e. The first-order valence-electron chi connectivity index (χ1n) is 7.71. The van der Waals surface area contributed by atoms with Crippen LogP contribution in [0.3, 0.4) is 0 Å². The summed E-state index contributed by atoms with van der Waals surface area (Å²) in [4.78, 5) is 16.1. The summed E-state index contributed by atoms with van der Waals surface area (Å²) in [5, 5.41) is 11.1. The molecular formula is C20H11Cl2NO3. The molecule has 6 heteroatoms. The molecule has 0 bridgehead atoms. The van der Waals surface area contributed by atoms with Crippen molar-refractivity contribution in [3.05, 3.63) is 76.3 Å². The molecule has 0 unspecified atom stereocenters. The summed E-state index contributed by atoms with van der Waals surface area (Å²) in [5.41, 5.74) is 1.85. The summed E-state index contributed by atoms with van der Waals surface area (Å²) >= 11 is 12.3. The molecule has 0 aliphatic rings. The first kappa shape index (κ1) is 16.6. The Labute approximate surface area is 158 Å². The molecule has 0 amide bonds. The number of rotatable bonds is 3. The molecule has 128 valence electrons. The van der Waals surface area contributed by atoms with Crippen LogP contribution in [0.15, 0.2) is 65.1 Å². The zero-order valence-corrected chi connectivity index (χ0v) is 14.8. The lowest BCUT2D eigenvalue weighted by Crippen LogP contribution is -1.99. The maximum absolute atomic E-state index is 11.6. The summed E-state index contributed by atoms with van der Waals surface area (Å²) in [6, 6.07) is 17.2. The van der Waals surface area contributed by atoms with Gasteiger partial charge >= 0.3 is 5.97 Å². The van der Waals surface area contributed by atoms with E-state index in [1.807, 2.05) is 6.07 Å². The summed E-state index contributed by atoms with van der Waals surface area (Å²) < 4.78 is 5.88. The maximum Gasteiger partial charge on any atom is 0.336 e. The van der Waals surface area contributed by atoms with Crippen LogP contribution in [0.1, 0.15) is 10.4 Å². The van der Waals surface area contributed by atoms with Crippen molar-refractivity contribution >= 4 is 40.1 Å². The Morgan fingerprint density at radius 3 is 2.54 bits per heavy atom. The van der Waals surface area contributed by atoms with Gasteiger partial charge in [-0.2, -0.15) is 0 Å². The van der Waals surface area contributed by atoms with Crippen molar-refractivity contribution in [1.29, 1.82) is 0 Å². The Balaban J connectivity index is 1.85. The van der Waals surface area contributed by atoms with E-state index in [0.717, 1.165) is 0 Å². The van der Waals surface area contributed by atoms with E-state index in [9.17, 15) is 9.90 Å². The topological polar surface area (TPSA) is 63.3 Å². The van der Waals surface area contributed by atoms with Crippen molar-refractivity contribution in [2.24, 2.45) is 0 Å². The lowest BCUT2D eigenvalue weighted by Gasteiger charge is -2.05. The molecule has 1 N–H and O–H groups in total. The average molecular weight is 384 g/mol. The van der Waals surface area contributed by atoms with Crippen LogP contribution in [0.2, 0.25) is 10.0 Å². The van der Waals surface area contributed by atoms with Crippen molar-refractivity contribution in [2.45, 2.75) is 0 Å². The number of fused-ring (bicyclic) bond motifs is 1. The fourth-order valence-electron chi connectivity index (χ4n) is 2.79. The number of hydrogen-bond donors (Lipinski definition) is 1. The number of aromatic nitrogens is 1. The molecular weight excluding hydrogens is 373 g/mol. The van der Waals surface area contributed by atoms with Gasteiger partial charge < -0.3 is 9.52 Å². The number of para-hydroxylation sites is 1. The van der Waals surface area contributed by atoms with E-state index in [1.54, 1.807) is 48.5 Å². The molecule has 0 saturated heterocycles. The van der Waals surface area contributed by atoms with E-state index in [0.29, 0.717) is 43.7 Å².